The highest BCUT2D eigenvalue weighted by Crippen LogP contribution is 2.29. The Morgan fingerprint density at radius 2 is 2.50 bits per heavy atom. The summed E-state index contributed by atoms with van der Waals surface area (Å²) in [6.07, 6.45) is 0. The lowest BCUT2D eigenvalue weighted by molar-refractivity contribution is 0.0702. The van der Waals surface area contributed by atoms with E-state index < -0.39 is 5.97 Å². The van der Waals surface area contributed by atoms with Crippen molar-refractivity contribution in [3.05, 3.63) is 16.5 Å². The van der Waals surface area contributed by atoms with Gasteiger partial charge in [0.1, 0.15) is 16.5 Å². The standard InChI is InChI=1S/C7H5NO3S/c1-11-7-4(3-8)2-5(12-7)6(9)10/h2H,1H3,(H,9,10). The van der Waals surface area contributed by atoms with Gasteiger partial charge in [-0.2, -0.15) is 5.26 Å². The number of carboxylic acids is 1. The highest BCUT2D eigenvalue weighted by Gasteiger charge is 2.13. The van der Waals surface area contributed by atoms with Crippen molar-refractivity contribution in [2.75, 3.05) is 7.11 Å². The van der Waals surface area contributed by atoms with Crippen LogP contribution in [-0.2, 0) is 0 Å². The van der Waals surface area contributed by atoms with Gasteiger partial charge >= 0.3 is 5.97 Å². The summed E-state index contributed by atoms with van der Waals surface area (Å²) in [5.74, 6) is -1.04. The van der Waals surface area contributed by atoms with Crippen LogP contribution in [0.3, 0.4) is 0 Å². The summed E-state index contributed by atoms with van der Waals surface area (Å²) in [6, 6.07) is 3.14. The van der Waals surface area contributed by atoms with Crippen molar-refractivity contribution in [2.24, 2.45) is 0 Å². The fourth-order valence-electron chi connectivity index (χ4n) is 0.709. The first-order valence-corrected chi connectivity index (χ1v) is 3.82. The zero-order valence-electron chi connectivity index (χ0n) is 6.20. The molecule has 0 aliphatic rings. The van der Waals surface area contributed by atoms with Crippen LogP contribution < -0.4 is 4.74 Å². The van der Waals surface area contributed by atoms with Gasteiger partial charge in [0.2, 0.25) is 0 Å². The highest BCUT2D eigenvalue weighted by atomic mass is 32.1. The van der Waals surface area contributed by atoms with E-state index in [0.29, 0.717) is 5.06 Å². The van der Waals surface area contributed by atoms with Gasteiger partial charge in [-0.3, -0.25) is 0 Å². The zero-order valence-corrected chi connectivity index (χ0v) is 7.01. The van der Waals surface area contributed by atoms with Crippen LogP contribution in [0.15, 0.2) is 6.07 Å². The normalized spacial score (nSPS) is 9.00. The molecule has 0 unspecified atom stereocenters. The smallest absolute Gasteiger partial charge is 0.346 e. The van der Waals surface area contributed by atoms with Gasteiger partial charge in [0.15, 0.2) is 5.06 Å². The number of carboxylic acid groups (broad SMARTS) is 1. The van der Waals surface area contributed by atoms with Gasteiger partial charge in [-0.05, 0) is 6.07 Å². The van der Waals surface area contributed by atoms with Crippen molar-refractivity contribution in [1.82, 2.24) is 0 Å². The second-order valence-corrected chi connectivity index (χ2v) is 2.95. The summed E-state index contributed by atoms with van der Waals surface area (Å²) >= 11 is 0.948. The molecular formula is C7H5NO3S. The Hall–Kier alpha value is -1.54. The van der Waals surface area contributed by atoms with E-state index in [4.69, 9.17) is 15.1 Å². The first-order valence-electron chi connectivity index (χ1n) is 3.00. The van der Waals surface area contributed by atoms with E-state index >= 15 is 0 Å². The van der Waals surface area contributed by atoms with Crippen LogP contribution >= 0.6 is 11.3 Å². The molecule has 0 amide bonds. The van der Waals surface area contributed by atoms with Crippen molar-refractivity contribution < 1.29 is 14.6 Å². The number of hydrogen-bond acceptors (Lipinski definition) is 4. The van der Waals surface area contributed by atoms with Crippen LogP contribution in [-0.4, -0.2) is 18.2 Å². The average molecular weight is 183 g/mol. The molecule has 5 heteroatoms. The molecule has 0 aliphatic carbocycles. The first kappa shape index (κ1) is 8.56. The van der Waals surface area contributed by atoms with E-state index in [1.54, 1.807) is 0 Å². The molecule has 62 valence electrons. The van der Waals surface area contributed by atoms with Gasteiger partial charge in [0, 0.05) is 0 Å². The number of hydrogen-bond donors (Lipinski definition) is 1. The molecule has 1 aromatic heterocycles. The molecule has 0 spiro atoms. The lowest BCUT2D eigenvalue weighted by Crippen LogP contribution is -1.89. The highest BCUT2D eigenvalue weighted by molar-refractivity contribution is 7.15. The van der Waals surface area contributed by atoms with Gasteiger partial charge in [-0.1, -0.05) is 11.3 Å². The van der Waals surface area contributed by atoms with Crippen molar-refractivity contribution >= 4 is 17.3 Å². The van der Waals surface area contributed by atoms with Crippen molar-refractivity contribution in [3.8, 4) is 11.1 Å². The van der Waals surface area contributed by atoms with Gasteiger partial charge in [-0.15, -0.1) is 0 Å². The first-order chi connectivity index (χ1) is 5.69. The number of aromatic carboxylic acids is 1. The number of methoxy groups -OCH3 is 1. The van der Waals surface area contributed by atoms with Crippen molar-refractivity contribution in [3.63, 3.8) is 0 Å². The minimum atomic E-state index is -1.04. The predicted molar refractivity (Wildman–Crippen MR) is 42.5 cm³/mol. The second kappa shape index (κ2) is 3.24. The zero-order chi connectivity index (χ0) is 9.14. The van der Waals surface area contributed by atoms with Crippen LogP contribution in [0.25, 0.3) is 0 Å². The third-order valence-corrected chi connectivity index (χ3v) is 2.30. The Morgan fingerprint density at radius 3 is 2.83 bits per heavy atom. The minimum Gasteiger partial charge on any atom is -0.486 e. The molecular weight excluding hydrogens is 178 g/mol. The second-order valence-electron chi connectivity index (χ2n) is 1.93. The third-order valence-electron chi connectivity index (χ3n) is 1.21. The van der Waals surface area contributed by atoms with E-state index in [2.05, 4.69) is 0 Å². The molecule has 12 heavy (non-hydrogen) atoms. The molecule has 0 fully saturated rings. The summed E-state index contributed by atoms with van der Waals surface area (Å²) in [5, 5.41) is 17.4. The molecule has 1 aromatic rings. The maximum atomic E-state index is 10.4. The SMILES string of the molecule is COc1sc(C(=O)O)cc1C#N. The van der Waals surface area contributed by atoms with E-state index in [1.807, 2.05) is 6.07 Å². The molecule has 0 atom stereocenters. The molecule has 0 radical (unpaired) electrons. The summed E-state index contributed by atoms with van der Waals surface area (Å²) in [5.41, 5.74) is 0.264. The number of thiophene rings is 1. The van der Waals surface area contributed by atoms with Crippen LogP contribution in [0.5, 0.6) is 5.06 Å². The molecule has 0 saturated heterocycles. The monoisotopic (exact) mass is 183 g/mol. The molecule has 0 aromatic carbocycles. The fraction of sp³-hybridized carbons (Fsp3) is 0.143. The van der Waals surface area contributed by atoms with Crippen molar-refractivity contribution in [1.29, 1.82) is 5.26 Å². The van der Waals surface area contributed by atoms with Gasteiger partial charge in [0.25, 0.3) is 0 Å². The van der Waals surface area contributed by atoms with Crippen LogP contribution in [0.4, 0.5) is 0 Å². The number of nitrogens with zero attached hydrogens (tertiary/aromatic N) is 1. The molecule has 1 heterocycles. The Morgan fingerprint density at radius 1 is 1.83 bits per heavy atom. The van der Waals surface area contributed by atoms with E-state index in [1.165, 1.54) is 13.2 Å². The summed E-state index contributed by atoms with van der Waals surface area (Å²) < 4.78 is 4.80. The minimum absolute atomic E-state index is 0.114. The molecule has 0 aliphatic heterocycles. The average Bonchev–Trinajstić information content (AvgIpc) is 2.46. The molecule has 1 N–H and O–H groups in total. The fourth-order valence-corrected chi connectivity index (χ4v) is 1.47. The lowest BCUT2D eigenvalue weighted by Gasteiger charge is -1.90. The summed E-state index contributed by atoms with van der Waals surface area (Å²) in [6.45, 7) is 0. The number of ether oxygens (including phenoxy) is 1. The van der Waals surface area contributed by atoms with Crippen molar-refractivity contribution in [2.45, 2.75) is 0 Å². The summed E-state index contributed by atoms with van der Waals surface area (Å²) in [4.78, 5) is 10.6. The third kappa shape index (κ3) is 1.38. The number of carbonyl (C=O) groups is 1. The Balaban J connectivity index is 3.16. The van der Waals surface area contributed by atoms with E-state index in [-0.39, 0.29) is 10.4 Å². The largest absolute Gasteiger partial charge is 0.486 e. The molecule has 0 bridgehead atoms. The van der Waals surface area contributed by atoms with E-state index in [0.717, 1.165) is 11.3 Å². The number of nitriles is 1. The van der Waals surface area contributed by atoms with E-state index in [9.17, 15) is 4.79 Å². The van der Waals surface area contributed by atoms with Gasteiger partial charge in [-0.25, -0.2) is 4.79 Å². The quantitative estimate of drug-likeness (QED) is 0.750. The van der Waals surface area contributed by atoms with Crippen LogP contribution in [0, 0.1) is 11.3 Å². The lowest BCUT2D eigenvalue weighted by atomic mass is 10.3. The Kier molecular flexibility index (Phi) is 2.31. The molecule has 4 nitrogen and oxygen atoms in total. The molecule has 1 rings (SSSR count). The predicted octanol–water partition coefficient (Wildman–Crippen LogP) is 1.33. The van der Waals surface area contributed by atoms with Gasteiger partial charge in [0.05, 0.1) is 7.11 Å². The van der Waals surface area contributed by atoms with Gasteiger partial charge < -0.3 is 9.84 Å². The number of rotatable bonds is 2. The van der Waals surface area contributed by atoms with Crippen LogP contribution in [0.2, 0.25) is 0 Å². The maximum absolute atomic E-state index is 10.4. The Bertz CT molecular complexity index is 350. The topological polar surface area (TPSA) is 70.3 Å². The van der Waals surface area contributed by atoms with Crippen LogP contribution in [0.1, 0.15) is 15.2 Å². The molecule has 0 saturated carbocycles. The Labute approximate surface area is 72.6 Å². The summed E-state index contributed by atoms with van der Waals surface area (Å²) in [7, 11) is 1.40. The maximum Gasteiger partial charge on any atom is 0.346 e.